The summed E-state index contributed by atoms with van der Waals surface area (Å²) in [5, 5.41) is 0. The van der Waals surface area contributed by atoms with Crippen molar-refractivity contribution in [3.05, 3.63) is 0 Å². The molecule has 0 saturated carbocycles. The molecule has 2 heteroatoms. The van der Waals surface area contributed by atoms with Crippen molar-refractivity contribution in [1.82, 2.24) is 4.90 Å². The molecule has 0 N–H and O–H groups in total. The van der Waals surface area contributed by atoms with Gasteiger partial charge in [0.05, 0.1) is 0 Å². The minimum atomic E-state index is 0.328. The number of unbranched alkanes of at least 4 members (excludes halogenated alkanes) is 1. The van der Waals surface area contributed by atoms with Crippen LogP contribution in [0.25, 0.3) is 0 Å². The van der Waals surface area contributed by atoms with Crippen LogP contribution in [0.4, 0.5) is 0 Å². The minimum absolute atomic E-state index is 0.328. The summed E-state index contributed by atoms with van der Waals surface area (Å²) in [5.41, 5.74) is 0.499. The molecule has 1 heterocycles. The van der Waals surface area contributed by atoms with E-state index >= 15 is 0 Å². The Bertz CT molecular complexity index is 211. The Morgan fingerprint density at radius 1 is 1.33 bits per heavy atom. The van der Waals surface area contributed by atoms with Crippen molar-refractivity contribution in [3.8, 4) is 0 Å². The molecule has 0 aliphatic carbocycles. The van der Waals surface area contributed by atoms with E-state index in [9.17, 15) is 4.79 Å². The number of ketones is 1. The van der Waals surface area contributed by atoms with Gasteiger partial charge in [0, 0.05) is 13.0 Å². The van der Waals surface area contributed by atoms with Crippen molar-refractivity contribution < 1.29 is 4.79 Å². The van der Waals surface area contributed by atoms with E-state index in [0.29, 0.717) is 11.2 Å². The zero-order chi connectivity index (χ0) is 11.3. The second-order valence-corrected chi connectivity index (χ2v) is 5.70. The third-order valence-electron chi connectivity index (χ3n) is 3.23. The van der Waals surface area contributed by atoms with Crippen molar-refractivity contribution in [2.24, 2.45) is 5.41 Å². The number of carbonyl (C=O) groups is 1. The van der Waals surface area contributed by atoms with Crippen LogP contribution in [0.5, 0.6) is 0 Å². The van der Waals surface area contributed by atoms with Gasteiger partial charge in [0.25, 0.3) is 0 Å². The van der Waals surface area contributed by atoms with Crippen LogP contribution < -0.4 is 0 Å². The van der Waals surface area contributed by atoms with Gasteiger partial charge in [-0.2, -0.15) is 0 Å². The number of hydrogen-bond donors (Lipinski definition) is 0. The molecular formula is C13H25NO. The Balaban J connectivity index is 2.13. The van der Waals surface area contributed by atoms with Crippen molar-refractivity contribution in [1.29, 1.82) is 0 Å². The first-order chi connectivity index (χ1) is 6.99. The van der Waals surface area contributed by atoms with Crippen LogP contribution >= 0.6 is 0 Å². The molecule has 0 radical (unpaired) electrons. The van der Waals surface area contributed by atoms with Gasteiger partial charge in [-0.15, -0.1) is 0 Å². The summed E-state index contributed by atoms with van der Waals surface area (Å²) < 4.78 is 0. The van der Waals surface area contributed by atoms with Gasteiger partial charge < -0.3 is 9.69 Å². The van der Waals surface area contributed by atoms with E-state index in [-0.39, 0.29) is 0 Å². The van der Waals surface area contributed by atoms with Gasteiger partial charge in [0.1, 0.15) is 5.78 Å². The summed E-state index contributed by atoms with van der Waals surface area (Å²) in [6.45, 7) is 10.1. The predicted octanol–water partition coefficient (Wildman–Crippen LogP) is 2.87. The summed E-state index contributed by atoms with van der Waals surface area (Å²) in [4.78, 5) is 13.3. The molecule has 0 atom stereocenters. The van der Waals surface area contributed by atoms with Crippen LogP contribution in [0, 0.1) is 5.41 Å². The predicted molar refractivity (Wildman–Crippen MR) is 64.0 cm³/mol. The number of nitrogens with zero attached hydrogens (tertiary/aromatic N) is 1. The molecular weight excluding hydrogens is 186 g/mol. The summed E-state index contributed by atoms with van der Waals surface area (Å²) in [7, 11) is 0. The Morgan fingerprint density at radius 3 is 2.67 bits per heavy atom. The highest BCUT2D eigenvalue weighted by Crippen LogP contribution is 2.28. The Hall–Kier alpha value is -0.370. The molecule has 1 rings (SSSR count). The molecule has 0 aromatic rings. The maximum absolute atomic E-state index is 10.8. The molecule has 0 amide bonds. The fraction of sp³-hybridized carbons (Fsp3) is 0.923. The van der Waals surface area contributed by atoms with Crippen LogP contribution in [-0.2, 0) is 4.79 Å². The molecule has 2 nitrogen and oxygen atoms in total. The third-order valence-corrected chi connectivity index (χ3v) is 3.23. The average Bonchev–Trinajstić information content (AvgIpc) is 2.10. The van der Waals surface area contributed by atoms with E-state index in [2.05, 4.69) is 18.7 Å². The van der Waals surface area contributed by atoms with E-state index < -0.39 is 0 Å². The van der Waals surface area contributed by atoms with Crippen LogP contribution in [0.15, 0.2) is 0 Å². The van der Waals surface area contributed by atoms with E-state index in [1.807, 2.05) is 0 Å². The lowest BCUT2D eigenvalue weighted by Crippen LogP contribution is -2.40. The molecule has 0 aromatic carbocycles. The van der Waals surface area contributed by atoms with Gasteiger partial charge in [-0.1, -0.05) is 13.8 Å². The normalized spacial score (nSPS) is 21.5. The zero-order valence-corrected chi connectivity index (χ0v) is 10.5. The summed E-state index contributed by atoms with van der Waals surface area (Å²) in [6, 6.07) is 0. The van der Waals surface area contributed by atoms with Gasteiger partial charge in [-0.05, 0) is 51.1 Å². The van der Waals surface area contributed by atoms with Crippen molar-refractivity contribution in [2.75, 3.05) is 19.6 Å². The molecule has 1 fully saturated rings. The highest BCUT2D eigenvalue weighted by Gasteiger charge is 2.25. The lowest BCUT2D eigenvalue weighted by Gasteiger charge is -2.38. The Labute approximate surface area is 94.0 Å². The largest absolute Gasteiger partial charge is 0.303 e. The average molecular weight is 211 g/mol. The lowest BCUT2D eigenvalue weighted by molar-refractivity contribution is -0.117. The summed E-state index contributed by atoms with van der Waals surface area (Å²) in [5.74, 6) is 0.328. The van der Waals surface area contributed by atoms with Gasteiger partial charge in [-0.25, -0.2) is 0 Å². The number of piperidine rings is 1. The van der Waals surface area contributed by atoms with Crippen molar-refractivity contribution in [2.45, 2.75) is 52.9 Å². The van der Waals surface area contributed by atoms with E-state index in [1.54, 1.807) is 6.92 Å². The number of Topliss-reactive ketones (excluding diaryl/α,β-unsaturated/α-hetero) is 1. The molecule has 0 aromatic heterocycles. The van der Waals surface area contributed by atoms with E-state index in [4.69, 9.17) is 0 Å². The molecule has 1 aliphatic heterocycles. The van der Waals surface area contributed by atoms with Gasteiger partial charge in [-0.3, -0.25) is 0 Å². The van der Waals surface area contributed by atoms with Crippen molar-refractivity contribution in [3.63, 3.8) is 0 Å². The van der Waals surface area contributed by atoms with E-state index in [0.717, 1.165) is 12.8 Å². The first-order valence-corrected chi connectivity index (χ1v) is 6.21. The monoisotopic (exact) mass is 211 g/mol. The van der Waals surface area contributed by atoms with Gasteiger partial charge in [0.15, 0.2) is 0 Å². The van der Waals surface area contributed by atoms with Crippen LogP contribution in [0.2, 0.25) is 0 Å². The van der Waals surface area contributed by atoms with Gasteiger partial charge >= 0.3 is 0 Å². The fourth-order valence-corrected chi connectivity index (χ4v) is 2.44. The zero-order valence-electron chi connectivity index (χ0n) is 10.5. The molecule has 15 heavy (non-hydrogen) atoms. The molecule has 1 aliphatic rings. The highest BCUT2D eigenvalue weighted by atomic mass is 16.1. The van der Waals surface area contributed by atoms with Crippen LogP contribution in [0.1, 0.15) is 52.9 Å². The minimum Gasteiger partial charge on any atom is -0.303 e. The fourth-order valence-electron chi connectivity index (χ4n) is 2.44. The lowest BCUT2D eigenvalue weighted by atomic mass is 9.84. The number of likely N-dealkylation sites (tertiary alicyclic amines) is 1. The SMILES string of the molecule is CC(=O)CCCCN1CCCC(C)(C)C1. The summed E-state index contributed by atoms with van der Waals surface area (Å²) >= 11 is 0. The maximum atomic E-state index is 10.8. The quantitative estimate of drug-likeness (QED) is 0.652. The number of rotatable bonds is 5. The maximum Gasteiger partial charge on any atom is 0.129 e. The topological polar surface area (TPSA) is 20.3 Å². The smallest absolute Gasteiger partial charge is 0.129 e. The van der Waals surface area contributed by atoms with Crippen molar-refractivity contribution >= 4 is 5.78 Å². The van der Waals surface area contributed by atoms with Crippen LogP contribution in [-0.4, -0.2) is 30.3 Å². The second-order valence-electron chi connectivity index (χ2n) is 5.70. The molecule has 0 bridgehead atoms. The molecule has 88 valence electrons. The van der Waals surface area contributed by atoms with Gasteiger partial charge in [0.2, 0.25) is 0 Å². The Kier molecular flexibility index (Phi) is 4.78. The molecule has 1 saturated heterocycles. The molecule has 0 spiro atoms. The Morgan fingerprint density at radius 2 is 2.07 bits per heavy atom. The first kappa shape index (κ1) is 12.7. The summed E-state index contributed by atoms with van der Waals surface area (Å²) in [6.07, 6.45) is 5.69. The van der Waals surface area contributed by atoms with Crippen LogP contribution in [0.3, 0.4) is 0 Å². The standard InChI is InChI=1S/C13H25NO/c1-12(15)7-4-5-9-14-10-6-8-13(2,3)11-14/h4-11H2,1-3H3. The number of carbonyl (C=O) groups excluding carboxylic acids is 1. The molecule has 0 unspecified atom stereocenters. The number of hydrogen-bond acceptors (Lipinski definition) is 2. The third kappa shape index (κ3) is 5.31. The highest BCUT2D eigenvalue weighted by molar-refractivity contribution is 5.75. The van der Waals surface area contributed by atoms with E-state index in [1.165, 1.54) is 38.9 Å². The second kappa shape index (κ2) is 5.64. The first-order valence-electron chi connectivity index (χ1n) is 6.21.